The number of amides is 1. The van der Waals surface area contributed by atoms with Crippen LogP contribution in [0.4, 0.5) is 0 Å². The van der Waals surface area contributed by atoms with Gasteiger partial charge in [0.15, 0.2) is 0 Å². The van der Waals surface area contributed by atoms with Gasteiger partial charge in [0.25, 0.3) is 0 Å². The Kier molecular flexibility index (Phi) is 10.1. The summed E-state index contributed by atoms with van der Waals surface area (Å²) < 4.78 is 31.6. The lowest BCUT2D eigenvalue weighted by Gasteiger charge is -2.22. The summed E-state index contributed by atoms with van der Waals surface area (Å²) in [6.07, 6.45) is 8.00. The van der Waals surface area contributed by atoms with Gasteiger partial charge in [-0.1, -0.05) is 43.5 Å². The van der Waals surface area contributed by atoms with Crippen molar-refractivity contribution in [3.8, 4) is 10.4 Å². The average molecular weight is 585 g/mol. The maximum absolute atomic E-state index is 13.6. The van der Waals surface area contributed by atoms with E-state index >= 15 is 0 Å². The van der Waals surface area contributed by atoms with Gasteiger partial charge in [0.2, 0.25) is 5.91 Å². The Hall–Kier alpha value is -3.04. The molecule has 1 aromatic carbocycles. The highest BCUT2D eigenvalue weighted by molar-refractivity contribution is 7.52. The third-order valence-corrected chi connectivity index (χ3v) is 10.1. The highest BCUT2D eigenvalue weighted by Gasteiger charge is 2.43. The molecule has 1 amide bonds. The van der Waals surface area contributed by atoms with Crippen LogP contribution in [0.5, 0.6) is 0 Å². The van der Waals surface area contributed by atoms with E-state index in [0.29, 0.717) is 38.0 Å². The number of aromatic nitrogens is 3. The number of nitrogens with one attached hydrogen (secondary N) is 1. The molecule has 214 valence electrons. The first kappa shape index (κ1) is 29.9. The lowest BCUT2D eigenvalue weighted by molar-refractivity contribution is -0.127. The Balaban J connectivity index is 1.44. The molecule has 0 radical (unpaired) electrons. The smallest absolute Gasteiger partial charge is 0.440 e. The number of rotatable bonds is 14. The van der Waals surface area contributed by atoms with Crippen molar-refractivity contribution < 1.29 is 23.1 Å². The zero-order valence-corrected chi connectivity index (χ0v) is 24.9. The normalized spacial score (nSPS) is 20.9. The van der Waals surface area contributed by atoms with Crippen LogP contribution in [0.1, 0.15) is 49.9 Å². The van der Waals surface area contributed by atoms with Crippen molar-refractivity contribution in [2.45, 2.75) is 51.7 Å². The minimum absolute atomic E-state index is 0.00828. The number of carbonyl (C=O) groups is 1. The quantitative estimate of drug-likeness (QED) is 0.128. The fourth-order valence-electron chi connectivity index (χ4n) is 5.08. The summed E-state index contributed by atoms with van der Waals surface area (Å²) >= 11 is 1.61. The highest BCUT2D eigenvalue weighted by atomic mass is 32.1. The van der Waals surface area contributed by atoms with E-state index in [9.17, 15) is 9.36 Å². The second-order valence-corrected chi connectivity index (χ2v) is 12.8. The number of imidazole rings is 1. The van der Waals surface area contributed by atoms with Gasteiger partial charge in [-0.2, -0.15) is 0 Å². The van der Waals surface area contributed by atoms with Crippen LogP contribution >= 0.6 is 19.1 Å². The Morgan fingerprint density at radius 1 is 1.32 bits per heavy atom. The number of aryl methyl sites for hydroxylation is 1. The minimum atomic E-state index is -3.63. The molecule has 0 saturated heterocycles. The van der Waals surface area contributed by atoms with Crippen molar-refractivity contribution >= 4 is 25.0 Å². The van der Waals surface area contributed by atoms with E-state index in [4.69, 9.17) is 13.8 Å². The first-order valence-electron chi connectivity index (χ1n) is 13.3. The summed E-state index contributed by atoms with van der Waals surface area (Å²) in [4.78, 5) is 23.0. The Labute approximate surface area is 239 Å². The van der Waals surface area contributed by atoms with E-state index in [1.54, 1.807) is 23.6 Å². The average Bonchev–Trinajstić information content (AvgIpc) is 3.72. The van der Waals surface area contributed by atoms with Gasteiger partial charge in [-0.25, -0.2) is 18.9 Å². The maximum Gasteiger partial charge on any atom is 0.440 e. The predicted molar refractivity (Wildman–Crippen MR) is 157 cm³/mol. The van der Waals surface area contributed by atoms with Crippen molar-refractivity contribution in [3.63, 3.8) is 0 Å². The molecule has 4 rings (SSSR count). The molecule has 1 saturated carbocycles. The number of thiazole rings is 1. The van der Waals surface area contributed by atoms with Gasteiger partial charge in [0.1, 0.15) is 12.9 Å². The number of ether oxygens (including phenoxy) is 1. The van der Waals surface area contributed by atoms with Crippen molar-refractivity contribution in [1.82, 2.24) is 19.6 Å². The third-order valence-electron chi connectivity index (χ3n) is 7.25. The lowest BCUT2D eigenvalue weighted by Crippen LogP contribution is -2.34. The van der Waals surface area contributed by atoms with E-state index < -0.39 is 13.9 Å². The summed E-state index contributed by atoms with van der Waals surface area (Å²) in [5, 5.41) is 3.19. The van der Waals surface area contributed by atoms with E-state index in [1.807, 2.05) is 31.5 Å². The molecule has 0 aliphatic heterocycles. The number of carbonyl (C=O) groups excluding carboxylic acids is 1. The first-order chi connectivity index (χ1) is 19.2. The zero-order valence-electron chi connectivity index (χ0n) is 23.2. The molecule has 1 aliphatic carbocycles. The van der Waals surface area contributed by atoms with Crippen molar-refractivity contribution in [2.24, 2.45) is 11.8 Å². The van der Waals surface area contributed by atoms with Gasteiger partial charge in [0, 0.05) is 31.8 Å². The van der Waals surface area contributed by atoms with Crippen molar-refractivity contribution in [2.75, 3.05) is 13.7 Å². The molecule has 3 aromatic rings. The number of nitrogens with zero attached hydrogens (tertiary/aromatic N) is 3. The standard InChI is InChI=1S/C29H37N4O5PS/c1-6-15-37-20(2)7-8-25-16-26(38-39(35,36-5)33-14-13-30-18-33)17-27(25)29(34)32-21(3)23-9-11-24(12-10-23)28-22(4)31-19-40-28/h6,9-14,18-19,21,25-27H,1-2,7-8,15-17H2,3-5H3,(H,32,34)/t21-,25?,26-,27+,39?/m0/s1. The fourth-order valence-corrected chi connectivity index (χ4v) is 7.23. The molecule has 40 heavy (non-hydrogen) atoms. The minimum Gasteiger partial charge on any atom is -0.495 e. The molecule has 0 bridgehead atoms. The maximum atomic E-state index is 13.6. The summed E-state index contributed by atoms with van der Waals surface area (Å²) in [6, 6.07) is 8.02. The molecular weight excluding hydrogens is 547 g/mol. The van der Waals surface area contributed by atoms with Crippen LogP contribution < -0.4 is 5.32 Å². The first-order valence-corrected chi connectivity index (χ1v) is 15.7. The molecule has 0 spiro atoms. The van der Waals surface area contributed by atoms with E-state index in [1.165, 1.54) is 24.0 Å². The zero-order chi connectivity index (χ0) is 28.7. The number of benzene rings is 1. The van der Waals surface area contributed by atoms with Gasteiger partial charge >= 0.3 is 7.75 Å². The molecule has 2 aromatic heterocycles. The summed E-state index contributed by atoms with van der Waals surface area (Å²) in [5.41, 5.74) is 4.97. The van der Waals surface area contributed by atoms with Crippen LogP contribution in [0.2, 0.25) is 0 Å². The third kappa shape index (κ3) is 7.18. The second-order valence-electron chi connectivity index (χ2n) is 9.96. The molecule has 9 nitrogen and oxygen atoms in total. The highest BCUT2D eigenvalue weighted by Crippen LogP contribution is 2.53. The van der Waals surface area contributed by atoms with Gasteiger partial charge in [-0.15, -0.1) is 11.3 Å². The number of hydrogen-bond acceptors (Lipinski definition) is 8. The molecule has 5 atom stereocenters. The number of allylic oxidation sites excluding steroid dienone is 1. The van der Waals surface area contributed by atoms with Crippen LogP contribution in [0.3, 0.4) is 0 Å². The Morgan fingerprint density at radius 3 is 2.73 bits per heavy atom. The van der Waals surface area contributed by atoms with Crippen LogP contribution in [0.15, 0.2) is 73.5 Å². The summed E-state index contributed by atoms with van der Waals surface area (Å²) in [5.74, 6) is 0.255. The summed E-state index contributed by atoms with van der Waals surface area (Å²) in [7, 11) is -2.28. The molecule has 2 unspecified atom stereocenters. The number of hydrogen-bond donors (Lipinski definition) is 1. The summed E-state index contributed by atoms with van der Waals surface area (Å²) in [6.45, 7) is 12.0. The Morgan fingerprint density at radius 2 is 2.10 bits per heavy atom. The van der Waals surface area contributed by atoms with E-state index in [0.717, 1.165) is 21.7 Å². The van der Waals surface area contributed by atoms with Crippen LogP contribution in [-0.2, 0) is 23.1 Å². The molecule has 11 heteroatoms. The molecule has 1 fully saturated rings. The van der Waals surface area contributed by atoms with Crippen molar-refractivity contribution in [1.29, 1.82) is 0 Å². The van der Waals surface area contributed by atoms with E-state index in [2.05, 4.69) is 40.6 Å². The predicted octanol–water partition coefficient (Wildman–Crippen LogP) is 6.70. The molecular formula is C29H37N4O5PS. The molecule has 1 aliphatic rings. The second kappa shape index (κ2) is 13.5. The van der Waals surface area contributed by atoms with Gasteiger partial charge in [-0.3, -0.25) is 13.8 Å². The molecule has 1 N–H and O–H groups in total. The Bertz CT molecular complexity index is 1340. The SMILES string of the molecule is C=CCOC(=C)CCC1C[C@H](OP(=O)(OC)n2ccnc2)C[C@H]1C(=O)N[C@@H](C)c1ccc(-c2scnc2C)cc1. The largest absolute Gasteiger partial charge is 0.495 e. The monoisotopic (exact) mass is 584 g/mol. The van der Waals surface area contributed by atoms with Gasteiger partial charge in [-0.05, 0) is 50.2 Å². The van der Waals surface area contributed by atoms with Gasteiger partial charge < -0.3 is 10.1 Å². The fraction of sp³-hybridized carbons (Fsp3) is 0.414. The molecule has 2 heterocycles. The van der Waals surface area contributed by atoms with E-state index in [-0.39, 0.29) is 23.8 Å². The topological polar surface area (TPSA) is 105 Å². The van der Waals surface area contributed by atoms with Crippen LogP contribution in [0, 0.1) is 18.8 Å². The lowest BCUT2D eigenvalue weighted by atomic mass is 9.90. The van der Waals surface area contributed by atoms with Crippen LogP contribution in [-0.4, -0.2) is 40.0 Å². The van der Waals surface area contributed by atoms with Gasteiger partial charge in [0.05, 0.1) is 34.0 Å². The van der Waals surface area contributed by atoms with Crippen LogP contribution in [0.25, 0.3) is 10.4 Å². The van der Waals surface area contributed by atoms with Crippen molar-refractivity contribution in [3.05, 3.63) is 84.7 Å².